The molecule has 18 heavy (non-hydrogen) atoms. The molecule has 0 radical (unpaired) electrons. The molecule has 3 heterocycles. The zero-order chi connectivity index (χ0) is 12.8. The molecule has 1 saturated carbocycles. The Kier molecular flexibility index (Phi) is 2.01. The van der Waals surface area contributed by atoms with Crippen LogP contribution in [0.4, 0.5) is 0 Å². The summed E-state index contributed by atoms with van der Waals surface area (Å²) < 4.78 is 18.2. The van der Waals surface area contributed by atoms with E-state index in [9.17, 15) is 5.11 Å². The third kappa shape index (κ3) is 1.16. The van der Waals surface area contributed by atoms with Gasteiger partial charge in [-0.2, -0.15) is 0 Å². The lowest BCUT2D eigenvalue weighted by Gasteiger charge is -2.51. The molecule has 4 rings (SSSR count). The average Bonchev–Trinajstić information content (AvgIpc) is 2.56. The van der Waals surface area contributed by atoms with Gasteiger partial charge in [-0.25, -0.2) is 0 Å². The molecule has 0 aromatic rings. The number of hydrogen-bond donors (Lipinski definition) is 1. The smallest absolute Gasteiger partial charge is 0.193 e. The molecule has 4 nitrogen and oxygen atoms in total. The van der Waals surface area contributed by atoms with E-state index in [1.165, 1.54) is 0 Å². The topological polar surface area (TPSA) is 47.9 Å². The highest BCUT2D eigenvalue weighted by Crippen LogP contribution is 2.65. The first-order valence-corrected chi connectivity index (χ1v) is 7.16. The normalized spacial score (nSPS) is 66.0. The Labute approximate surface area is 108 Å². The molecular weight excluding hydrogens is 232 g/mol. The highest BCUT2D eigenvalue weighted by Gasteiger charge is 2.75. The number of ether oxygens (including phenoxy) is 3. The van der Waals surface area contributed by atoms with Gasteiger partial charge >= 0.3 is 0 Å². The van der Waals surface area contributed by atoms with E-state index in [4.69, 9.17) is 14.2 Å². The highest BCUT2D eigenvalue weighted by molar-refractivity contribution is 5.15. The van der Waals surface area contributed by atoms with Crippen LogP contribution in [0.5, 0.6) is 0 Å². The molecule has 7 atom stereocenters. The van der Waals surface area contributed by atoms with Crippen molar-refractivity contribution in [3.05, 3.63) is 0 Å². The van der Waals surface area contributed by atoms with Crippen molar-refractivity contribution in [1.29, 1.82) is 0 Å². The van der Waals surface area contributed by atoms with Crippen LogP contribution in [-0.4, -0.2) is 28.6 Å². The first-order valence-electron chi connectivity index (χ1n) is 7.16. The van der Waals surface area contributed by atoms with Crippen molar-refractivity contribution in [3.8, 4) is 0 Å². The van der Waals surface area contributed by atoms with Gasteiger partial charge in [0, 0.05) is 12.3 Å². The van der Waals surface area contributed by atoms with Gasteiger partial charge in [-0.3, -0.25) is 0 Å². The van der Waals surface area contributed by atoms with Crippen molar-refractivity contribution >= 4 is 0 Å². The number of fused-ring (bicyclic) bond motifs is 1. The molecule has 0 aromatic carbocycles. The van der Waals surface area contributed by atoms with Crippen LogP contribution in [0.25, 0.3) is 0 Å². The van der Waals surface area contributed by atoms with Crippen LogP contribution in [0.15, 0.2) is 0 Å². The Hall–Kier alpha value is -0.160. The molecule has 4 fully saturated rings. The van der Waals surface area contributed by atoms with E-state index in [1.54, 1.807) is 6.92 Å². The second-order valence-electron chi connectivity index (χ2n) is 6.96. The molecule has 0 amide bonds. The summed E-state index contributed by atoms with van der Waals surface area (Å²) in [5.74, 6) is -0.508. The van der Waals surface area contributed by atoms with Crippen LogP contribution >= 0.6 is 0 Å². The number of aliphatic hydroxyl groups is 1. The van der Waals surface area contributed by atoms with Crippen molar-refractivity contribution in [2.45, 2.75) is 69.9 Å². The predicted octanol–water partition coefficient (Wildman–Crippen LogP) is 2.01. The van der Waals surface area contributed by atoms with E-state index < -0.39 is 23.5 Å². The minimum Gasteiger partial charge on any atom is -0.365 e. The summed E-state index contributed by atoms with van der Waals surface area (Å²) in [4.78, 5) is 0. The maximum absolute atomic E-state index is 10.5. The van der Waals surface area contributed by atoms with E-state index in [2.05, 4.69) is 6.92 Å². The van der Waals surface area contributed by atoms with Gasteiger partial charge in [-0.15, -0.1) is 0 Å². The summed E-state index contributed by atoms with van der Waals surface area (Å²) in [7, 11) is 0. The van der Waals surface area contributed by atoms with Gasteiger partial charge in [0.25, 0.3) is 0 Å². The highest BCUT2D eigenvalue weighted by atomic mass is 16.9. The van der Waals surface area contributed by atoms with Crippen molar-refractivity contribution in [2.24, 2.45) is 17.8 Å². The standard InChI is InChI=1S/C14H22O4/c1-8-4-5-10-13(3,15)17-11-14(10)9(8)6-7-12(2,16-11)18-14/h8-11,15H,4-7H2,1-3H3/t8-,9?,10+,11+,12+,13-,14-/m1/s1. The molecule has 1 aliphatic carbocycles. The molecule has 2 bridgehead atoms. The van der Waals surface area contributed by atoms with E-state index in [1.807, 2.05) is 6.92 Å². The zero-order valence-electron chi connectivity index (χ0n) is 11.3. The summed E-state index contributed by atoms with van der Waals surface area (Å²) in [6.07, 6.45) is 3.75. The van der Waals surface area contributed by atoms with Crippen molar-refractivity contribution in [3.63, 3.8) is 0 Å². The monoisotopic (exact) mass is 254 g/mol. The molecule has 1 spiro atoms. The van der Waals surface area contributed by atoms with Gasteiger partial charge in [0.1, 0.15) is 5.60 Å². The quantitative estimate of drug-likeness (QED) is 0.718. The molecule has 102 valence electrons. The average molecular weight is 254 g/mol. The van der Waals surface area contributed by atoms with Crippen LogP contribution in [-0.2, 0) is 14.2 Å². The molecule has 4 heteroatoms. The van der Waals surface area contributed by atoms with Gasteiger partial charge in [0.2, 0.25) is 0 Å². The van der Waals surface area contributed by atoms with Crippen LogP contribution < -0.4 is 0 Å². The van der Waals surface area contributed by atoms with Gasteiger partial charge < -0.3 is 19.3 Å². The lowest BCUT2D eigenvalue weighted by Crippen LogP contribution is -2.59. The Morgan fingerprint density at radius 2 is 1.89 bits per heavy atom. The first-order chi connectivity index (χ1) is 8.37. The summed E-state index contributed by atoms with van der Waals surface area (Å²) in [6, 6.07) is 0. The lowest BCUT2D eigenvalue weighted by molar-refractivity contribution is -0.305. The van der Waals surface area contributed by atoms with Crippen molar-refractivity contribution in [1.82, 2.24) is 0 Å². The van der Waals surface area contributed by atoms with Gasteiger partial charge in [-0.1, -0.05) is 6.92 Å². The third-order valence-corrected chi connectivity index (χ3v) is 5.74. The van der Waals surface area contributed by atoms with Crippen molar-refractivity contribution in [2.75, 3.05) is 0 Å². The third-order valence-electron chi connectivity index (χ3n) is 5.74. The maximum atomic E-state index is 10.5. The van der Waals surface area contributed by atoms with Crippen LogP contribution in [0.1, 0.15) is 46.5 Å². The van der Waals surface area contributed by atoms with E-state index >= 15 is 0 Å². The lowest BCUT2D eigenvalue weighted by atomic mass is 9.60. The minimum absolute atomic E-state index is 0.0401. The fourth-order valence-corrected chi connectivity index (χ4v) is 4.95. The zero-order valence-corrected chi connectivity index (χ0v) is 11.3. The second-order valence-corrected chi connectivity index (χ2v) is 6.96. The van der Waals surface area contributed by atoms with Crippen LogP contribution in [0.3, 0.4) is 0 Å². The van der Waals surface area contributed by atoms with Crippen LogP contribution in [0.2, 0.25) is 0 Å². The van der Waals surface area contributed by atoms with E-state index in [-0.39, 0.29) is 5.92 Å². The minimum atomic E-state index is -1.11. The van der Waals surface area contributed by atoms with Crippen molar-refractivity contribution < 1.29 is 19.3 Å². The van der Waals surface area contributed by atoms with Crippen LogP contribution in [0, 0.1) is 17.8 Å². The Morgan fingerprint density at radius 3 is 2.67 bits per heavy atom. The predicted molar refractivity (Wildman–Crippen MR) is 63.4 cm³/mol. The molecule has 3 saturated heterocycles. The Morgan fingerprint density at radius 1 is 1.11 bits per heavy atom. The van der Waals surface area contributed by atoms with E-state index in [0.717, 1.165) is 25.7 Å². The summed E-state index contributed by atoms with van der Waals surface area (Å²) in [5.41, 5.74) is -0.409. The maximum Gasteiger partial charge on any atom is 0.193 e. The number of rotatable bonds is 0. The summed E-state index contributed by atoms with van der Waals surface area (Å²) in [6.45, 7) is 6.06. The first kappa shape index (κ1) is 11.6. The second kappa shape index (κ2) is 3.11. The Bertz CT molecular complexity index is 395. The molecular formula is C14H22O4. The Balaban J connectivity index is 1.84. The molecule has 4 aliphatic rings. The van der Waals surface area contributed by atoms with Gasteiger partial charge in [0.15, 0.2) is 17.9 Å². The summed E-state index contributed by atoms with van der Waals surface area (Å²) in [5, 5.41) is 10.5. The largest absolute Gasteiger partial charge is 0.365 e. The summed E-state index contributed by atoms with van der Waals surface area (Å²) >= 11 is 0. The van der Waals surface area contributed by atoms with Gasteiger partial charge in [-0.05, 0) is 44.9 Å². The number of hydrogen-bond acceptors (Lipinski definition) is 4. The molecule has 1 unspecified atom stereocenters. The fourth-order valence-electron chi connectivity index (χ4n) is 4.95. The molecule has 1 N–H and O–H groups in total. The van der Waals surface area contributed by atoms with Gasteiger partial charge in [0.05, 0.1) is 0 Å². The van der Waals surface area contributed by atoms with E-state index in [0.29, 0.717) is 11.8 Å². The molecule has 3 aliphatic heterocycles. The fraction of sp³-hybridized carbons (Fsp3) is 1.00. The SMILES string of the molecule is C[C@@H]1CC[C@@H]2[C@]34O[C@@](C)(CCC13)O[C@H]4O[C@@]2(C)O. The molecule has 0 aromatic heterocycles.